The summed E-state index contributed by atoms with van der Waals surface area (Å²) in [5, 5.41) is 2.23. The van der Waals surface area contributed by atoms with Crippen LogP contribution in [0.5, 0.6) is 0 Å². The van der Waals surface area contributed by atoms with Gasteiger partial charge in [0.15, 0.2) is 0 Å². The molecule has 120 valence electrons. The van der Waals surface area contributed by atoms with Gasteiger partial charge in [-0.2, -0.15) is 0 Å². The molecule has 2 aromatic rings. The summed E-state index contributed by atoms with van der Waals surface area (Å²) in [6.07, 6.45) is 1.49. The molecule has 24 heavy (non-hydrogen) atoms. The molecule has 1 aliphatic rings. The summed E-state index contributed by atoms with van der Waals surface area (Å²) in [6.45, 7) is 3.75. The third-order valence-corrected chi connectivity index (χ3v) is 3.81. The second-order valence-electron chi connectivity index (χ2n) is 5.66. The van der Waals surface area contributed by atoms with E-state index >= 15 is 0 Å². The van der Waals surface area contributed by atoms with Gasteiger partial charge in [0.25, 0.3) is 11.8 Å². The Labute approximate surface area is 139 Å². The SMILES string of the molecule is Cc1ccc(N2C(=O)NC(=O)/C(=C\c3ccccc3)C2=O)c(C)c1. The monoisotopic (exact) mass is 320 g/mol. The predicted octanol–water partition coefficient (Wildman–Crippen LogP) is 2.97. The number of carbonyl (C=O) groups excluding carboxylic acids is 3. The van der Waals surface area contributed by atoms with Crippen molar-refractivity contribution < 1.29 is 14.4 Å². The maximum atomic E-state index is 12.8. The zero-order valence-corrected chi connectivity index (χ0v) is 13.4. The topological polar surface area (TPSA) is 66.5 Å². The minimum absolute atomic E-state index is 0.0687. The number of benzene rings is 2. The second kappa shape index (κ2) is 6.12. The molecule has 5 heteroatoms. The number of barbiturate groups is 1. The van der Waals surface area contributed by atoms with Crippen molar-refractivity contribution in [3.8, 4) is 0 Å². The van der Waals surface area contributed by atoms with Gasteiger partial charge in [0, 0.05) is 0 Å². The predicted molar refractivity (Wildman–Crippen MR) is 91.4 cm³/mol. The van der Waals surface area contributed by atoms with Gasteiger partial charge in [-0.15, -0.1) is 0 Å². The molecule has 1 fully saturated rings. The highest BCUT2D eigenvalue weighted by Gasteiger charge is 2.37. The Bertz CT molecular complexity index is 869. The average Bonchev–Trinajstić information content (AvgIpc) is 2.54. The molecule has 0 spiro atoms. The Kier molecular flexibility index (Phi) is 4.00. The molecule has 2 aromatic carbocycles. The fourth-order valence-corrected chi connectivity index (χ4v) is 2.65. The number of rotatable bonds is 2. The first kappa shape index (κ1) is 15.7. The summed E-state index contributed by atoms with van der Waals surface area (Å²) in [6, 6.07) is 13.7. The maximum absolute atomic E-state index is 12.8. The number of nitrogens with one attached hydrogen (secondary N) is 1. The van der Waals surface area contributed by atoms with Crippen molar-refractivity contribution >= 4 is 29.6 Å². The average molecular weight is 320 g/mol. The zero-order valence-electron chi connectivity index (χ0n) is 13.4. The van der Waals surface area contributed by atoms with E-state index in [-0.39, 0.29) is 5.57 Å². The van der Waals surface area contributed by atoms with Gasteiger partial charge in [-0.3, -0.25) is 14.9 Å². The number of nitrogens with zero attached hydrogens (tertiary/aromatic N) is 1. The van der Waals surface area contributed by atoms with Gasteiger partial charge < -0.3 is 0 Å². The van der Waals surface area contributed by atoms with Crippen molar-refractivity contribution in [2.75, 3.05) is 4.90 Å². The molecule has 3 rings (SSSR count). The van der Waals surface area contributed by atoms with Crippen LogP contribution < -0.4 is 10.2 Å². The van der Waals surface area contributed by atoms with Crippen LogP contribution in [0.15, 0.2) is 54.1 Å². The zero-order chi connectivity index (χ0) is 17.3. The van der Waals surface area contributed by atoms with Gasteiger partial charge in [0.05, 0.1) is 5.69 Å². The lowest BCUT2D eigenvalue weighted by Gasteiger charge is -2.27. The number of hydrogen-bond donors (Lipinski definition) is 1. The van der Waals surface area contributed by atoms with E-state index in [0.29, 0.717) is 11.3 Å². The molecule has 1 aliphatic heterocycles. The van der Waals surface area contributed by atoms with Crippen molar-refractivity contribution in [2.24, 2.45) is 0 Å². The Balaban J connectivity index is 2.05. The quantitative estimate of drug-likeness (QED) is 0.683. The van der Waals surface area contributed by atoms with Gasteiger partial charge in [-0.1, -0.05) is 48.0 Å². The summed E-state index contributed by atoms with van der Waals surface area (Å²) in [7, 11) is 0. The van der Waals surface area contributed by atoms with Gasteiger partial charge in [-0.25, -0.2) is 9.69 Å². The van der Waals surface area contributed by atoms with Crippen LogP contribution in [0, 0.1) is 13.8 Å². The van der Waals surface area contributed by atoms with E-state index in [9.17, 15) is 14.4 Å². The van der Waals surface area contributed by atoms with Crippen LogP contribution in [0.3, 0.4) is 0 Å². The van der Waals surface area contributed by atoms with Crippen LogP contribution in [0.4, 0.5) is 10.5 Å². The number of imide groups is 2. The fourth-order valence-electron chi connectivity index (χ4n) is 2.65. The van der Waals surface area contributed by atoms with Crippen LogP contribution in [0.1, 0.15) is 16.7 Å². The summed E-state index contributed by atoms with van der Waals surface area (Å²) < 4.78 is 0. The number of aryl methyl sites for hydroxylation is 2. The molecule has 1 saturated heterocycles. The first-order chi connectivity index (χ1) is 11.5. The van der Waals surface area contributed by atoms with E-state index in [2.05, 4.69) is 5.32 Å². The summed E-state index contributed by atoms with van der Waals surface area (Å²) >= 11 is 0. The van der Waals surface area contributed by atoms with Crippen molar-refractivity contribution in [2.45, 2.75) is 13.8 Å². The van der Waals surface area contributed by atoms with E-state index in [4.69, 9.17) is 0 Å². The largest absolute Gasteiger partial charge is 0.335 e. The first-order valence-electron chi connectivity index (χ1n) is 7.51. The molecule has 0 atom stereocenters. The maximum Gasteiger partial charge on any atom is 0.335 e. The standard InChI is InChI=1S/C19H16N2O3/c1-12-8-9-16(13(2)10-12)21-18(23)15(17(22)20-19(21)24)11-14-6-4-3-5-7-14/h3-11H,1-2H3,(H,20,22,24)/b15-11+. The van der Waals surface area contributed by atoms with E-state index in [1.165, 1.54) is 6.08 Å². The van der Waals surface area contributed by atoms with Crippen molar-refractivity contribution in [1.29, 1.82) is 0 Å². The Hall–Kier alpha value is -3.21. The third-order valence-electron chi connectivity index (χ3n) is 3.81. The highest BCUT2D eigenvalue weighted by Crippen LogP contribution is 2.25. The molecule has 5 nitrogen and oxygen atoms in total. The summed E-state index contributed by atoms with van der Waals surface area (Å²) in [5.41, 5.74) is 2.92. The number of urea groups is 1. The lowest BCUT2D eigenvalue weighted by atomic mass is 10.0. The van der Waals surface area contributed by atoms with Crippen LogP contribution in [-0.4, -0.2) is 17.8 Å². The number of hydrogen-bond acceptors (Lipinski definition) is 3. The number of amides is 4. The van der Waals surface area contributed by atoms with E-state index in [1.807, 2.05) is 44.2 Å². The molecule has 0 unspecified atom stereocenters. The molecule has 1 heterocycles. The summed E-state index contributed by atoms with van der Waals surface area (Å²) in [4.78, 5) is 38.1. The van der Waals surface area contributed by atoms with E-state index in [1.54, 1.807) is 18.2 Å². The van der Waals surface area contributed by atoms with Gasteiger partial charge >= 0.3 is 6.03 Å². The molecule has 0 aliphatic carbocycles. The lowest BCUT2D eigenvalue weighted by molar-refractivity contribution is -0.122. The molecule has 0 aromatic heterocycles. The normalized spacial score (nSPS) is 16.5. The van der Waals surface area contributed by atoms with Crippen LogP contribution in [0.2, 0.25) is 0 Å². The summed E-state index contributed by atoms with van der Waals surface area (Å²) in [5.74, 6) is -1.31. The highest BCUT2D eigenvalue weighted by molar-refractivity contribution is 6.39. The second-order valence-corrected chi connectivity index (χ2v) is 5.66. The molecule has 1 N–H and O–H groups in total. The minimum atomic E-state index is -0.734. The van der Waals surface area contributed by atoms with E-state index < -0.39 is 17.8 Å². The Morgan fingerprint density at radius 2 is 1.67 bits per heavy atom. The third kappa shape index (κ3) is 2.84. The van der Waals surface area contributed by atoms with Crippen LogP contribution in [0.25, 0.3) is 6.08 Å². The molecular formula is C19H16N2O3. The lowest BCUT2D eigenvalue weighted by Crippen LogP contribution is -2.54. The van der Waals surface area contributed by atoms with Crippen LogP contribution in [-0.2, 0) is 9.59 Å². The molecule has 0 radical (unpaired) electrons. The van der Waals surface area contributed by atoms with Crippen molar-refractivity contribution in [3.63, 3.8) is 0 Å². The number of carbonyl (C=O) groups is 3. The Morgan fingerprint density at radius 1 is 0.958 bits per heavy atom. The first-order valence-corrected chi connectivity index (χ1v) is 7.51. The van der Waals surface area contributed by atoms with Crippen LogP contribution >= 0.6 is 0 Å². The fraction of sp³-hybridized carbons (Fsp3) is 0.105. The van der Waals surface area contributed by atoms with E-state index in [0.717, 1.165) is 16.0 Å². The van der Waals surface area contributed by atoms with Gasteiger partial charge in [0.1, 0.15) is 5.57 Å². The Morgan fingerprint density at radius 3 is 2.33 bits per heavy atom. The van der Waals surface area contributed by atoms with Crippen molar-refractivity contribution in [3.05, 3.63) is 70.8 Å². The molecule has 4 amide bonds. The molecule has 0 saturated carbocycles. The number of anilines is 1. The highest BCUT2D eigenvalue weighted by atomic mass is 16.2. The smallest absolute Gasteiger partial charge is 0.273 e. The van der Waals surface area contributed by atoms with Crippen molar-refractivity contribution in [1.82, 2.24) is 5.32 Å². The van der Waals surface area contributed by atoms with Gasteiger partial charge in [0.2, 0.25) is 0 Å². The molecular weight excluding hydrogens is 304 g/mol. The minimum Gasteiger partial charge on any atom is -0.273 e. The van der Waals surface area contributed by atoms with Gasteiger partial charge in [-0.05, 0) is 37.1 Å². The molecule has 0 bridgehead atoms.